The quantitative estimate of drug-likeness (QED) is 0.812. The lowest BCUT2D eigenvalue weighted by Gasteiger charge is -2.21. The van der Waals surface area contributed by atoms with E-state index in [2.05, 4.69) is 0 Å². The van der Waals surface area contributed by atoms with Crippen LogP contribution in [0, 0.1) is 11.8 Å². The third-order valence-corrected chi connectivity index (χ3v) is 5.05. The van der Waals surface area contributed by atoms with E-state index in [4.69, 9.17) is 14.2 Å². The van der Waals surface area contributed by atoms with Gasteiger partial charge in [-0.3, -0.25) is 9.59 Å². The maximum Gasteiger partial charge on any atom is 0.310 e. The molecule has 1 spiro atoms. The Morgan fingerprint density at radius 2 is 2.13 bits per heavy atom. The van der Waals surface area contributed by atoms with Crippen molar-refractivity contribution >= 4 is 17.6 Å². The Morgan fingerprint density at radius 3 is 2.96 bits per heavy atom. The fourth-order valence-electron chi connectivity index (χ4n) is 4.05. The summed E-state index contributed by atoms with van der Waals surface area (Å²) in [6.07, 6.45) is 3.08. The van der Waals surface area contributed by atoms with Crippen LogP contribution in [-0.2, 0) is 14.3 Å². The first-order valence-corrected chi connectivity index (χ1v) is 7.40. The summed E-state index contributed by atoms with van der Waals surface area (Å²) < 4.78 is 16.5. The third-order valence-electron chi connectivity index (χ3n) is 5.05. The van der Waals surface area contributed by atoms with Crippen LogP contribution in [0.1, 0.15) is 0 Å². The fraction of sp³-hybridized carbons (Fsp3) is 0.375. The van der Waals surface area contributed by atoms with Crippen LogP contribution in [-0.4, -0.2) is 42.0 Å². The molecule has 0 radical (unpaired) electrons. The maximum absolute atomic E-state index is 12.9. The average Bonchev–Trinajstić information content (AvgIpc) is 3.26. The molecule has 5 rings (SSSR count). The summed E-state index contributed by atoms with van der Waals surface area (Å²) in [5, 5.41) is 9.46. The lowest BCUT2D eigenvalue weighted by atomic mass is 9.77. The van der Waals surface area contributed by atoms with Gasteiger partial charge in [-0.15, -0.1) is 0 Å². The molecule has 0 aromatic heterocycles. The average molecular weight is 315 g/mol. The summed E-state index contributed by atoms with van der Waals surface area (Å²) in [6.45, 7) is 0.473. The van der Waals surface area contributed by atoms with Crippen LogP contribution in [0.5, 0.6) is 11.5 Å². The minimum atomic E-state index is -0.993. The van der Waals surface area contributed by atoms with Crippen molar-refractivity contribution < 1.29 is 28.9 Å². The molecule has 0 aliphatic carbocycles. The molecule has 4 atom stereocenters. The van der Waals surface area contributed by atoms with Crippen molar-refractivity contribution in [3.05, 3.63) is 30.4 Å². The number of fused-ring (bicyclic) bond motifs is 2. The van der Waals surface area contributed by atoms with Gasteiger partial charge in [-0.05, 0) is 12.1 Å². The zero-order valence-corrected chi connectivity index (χ0v) is 12.0. The number of anilines is 1. The number of benzene rings is 1. The van der Waals surface area contributed by atoms with Gasteiger partial charge in [-0.1, -0.05) is 12.2 Å². The highest BCUT2D eigenvalue weighted by atomic mass is 16.7. The van der Waals surface area contributed by atoms with Crippen LogP contribution in [0.4, 0.5) is 5.69 Å². The lowest BCUT2D eigenvalue weighted by Crippen LogP contribution is -2.39. The van der Waals surface area contributed by atoms with E-state index in [9.17, 15) is 14.7 Å². The first kappa shape index (κ1) is 13.0. The number of ether oxygens (including phenoxy) is 3. The van der Waals surface area contributed by atoms with Crippen molar-refractivity contribution in [1.82, 2.24) is 0 Å². The summed E-state index contributed by atoms with van der Waals surface area (Å²) in [7, 11) is 0. The Labute approximate surface area is 131 Å². The lowest BCUT2D eigenvalue weighted by molar-refractivity contribution is -0.146. The van der Waals surface area contributed by atoms with Gasteiger partial charge < -0.3 is 24.2 Å². The second-order valence-electron chi connectivity index (χ2n) is 6.20. The summed E-state index contributed by atoms with van der Waals surface area (Å²) in [4.78, 5) is 26.0. The molecule has 1 aromatic carbocycles. The van der Waals surface area contributed by atoms with Gasteiger partial charge in [-0.25, -0.2) is 0 Å². The van der Waals surface area contributed by atoms with Crippen LogP contribution in [0.25, 0.3) is 0 Å². The Bertz CT molecular complexity index is 774. The van der Waals surface area contributed by atoms with Gasteiger partial charge >= 0.3 is 5.97 Å². The Balaban J connectivity index is 1.54. The van der Waals surface area contributed by atoms with E-state index in [1.165, 1.54) is 0 Å². The zero-order valence-electron chi connectivity index (χ0n) is 12.0. The number of hydrogen-bond acceptors (Lipinski definition) is 5. The van der Waals surface area contributed by atoms with Crippen LogP contribution < -0.4 is 14.4 Å². The molecule has 1 amide bonds. The molecule has 1 aromatic rings. The van der Waals surface area contributed by atoms with Gasteiger partial charge in [0.1, 0.15) is 11.5 Å². The van der Waals surface area contributed by atoms with Crippen molar-refractivity contribution in [2.75, 3.05) is 18.2 Å². The zero-order chi connectivity index (χ0) is 15.8. The molecule has 4 aliphatic rings. The van der Waals surface area contributed by atoms with Gasteiger partial charge in [-0.2, -0.15) is 0 Å². The Morgan fingerprint density at radius 1 is 1.30 bits per heavy atom. The molecule has 4 aliphatic heterocycles. The first-order chi connectivity index (χ1) is 11.1. The molecular weight excluding hydrogens is 302 g/mol. The van der Waals surface area contributed by atoms with Crippen molar-refractivity contribution in [1.29, 1.82) is 0 Å². The predicted octanol–water partition coefficient (Wildman–Crippen LogP) is 0.786. The summed E-state index contributed by atoms with van der Waals surface area (Å²) in [5.74, 6) is -1.50. The van der Waals surface area contributed by atoms with Gasteiger partial charge in [0.05, 0.1) is 18.6 Å². The molecule has 0 saturated carbocycles. The van der Waals surface area contributed by atoms with E-state index < -0.39 is 29.5 Å². The van der Waals surface area contributed by atoms with Crippen molar-refractivity contribution in [3.8, 4) is 11.5 Å². The number of carbonyl (C=O) groups is 2. The van der Waals surface area contributed by atoms with E-state index in [-0.39, 0.29) is 12.7 Å². The molecular formula is C16H13NO6. The third kappa shape index (κ3) is 1.52. The second kappa shape index (κ2) is 4.05. The molecule has 23 heavy (non-hydrogen) atoms. The summed E-state index contributed by atoms with van der Waals surface area (Å²) >= 11 is 0. The Kier molecular flexibility index (Phi) is 2.28. The number of amides is 1. The normalized spacial score (nSPS) is 35.9. The van der Waals surface area contributed by atoms with Crippen molar-refractivity contribution in [2.24, 2.45) is 11.8 Å². The van der Waals surface area contributed by atoms with Gasteiger partial charge in [0.25, 0.3) is 0 Å². The topological polar surface area (TPSA) is 85.3 Å². The SMILES string of the molecule is O=C(O)[C@@H]1[C@H]2C(=O)N(c3ccc4c(c3)OCO4)C[C@@]23C=C[C@H]1O3. The molecule has 1 N–H and O–H groups in total. The smallest absolute Gasteiger partial charge is 0.310 e. The highest BCUT2D eigenvalue weighted by Gasteiger charge is 2.67. The van der Waals surface area contributed by atoms with Crippen molar-refractivity contribution in [3.63, 3.8) is 0 Å². The van der Waals surface area contributed by atoms with E-state index in [1.54, 1.807) is 29.2 Å². The van der Waals surface area contributed by atoms with E-state index in [0.29, 0.717) is 23.7 Å². The predicted molar refractivity (Wildman–Crippen MR) is 76.3 cm³/mol. The van der Waals surface area contributed by atoms with Gasteiger partial charge in [0.2, 0.25) is 12.7 Å². The molecule has 7 heteroatoms. The van der Waals surface area contributed by atoms with Crippen LogP contribution in [0.15, 0.2) is 30.4 Å². The number of carbonyl (C=O) groups excluding carboxylic acids is 1. The fourth-order valence-corrected chi connectivity index (χ4v) is 4.05. The molecule has 2 fully saturated rings. The van der Waals surface area contributed by atoms with Crippen LogP contribution in [0.2, 0.25) is 0 Å². The second-order valence-corrected chi connectivity index (χ2v) is 6.20. The standard InChI is InChI=1S/C16H13NO6/c18-14-13-12(15(19)20)10-3-4-16(13,23-10)6-17(14)8-1-2-9-11(5-8)22-7-21-9/h1-5,10,12-13H,6-7H2,(H,19,20)/t10-,12+,13+,16+/m1/s1. The van der Waals surface area contributed by atoms with Crippen LogP contribution in [0.3, 0.4) is 0 Å². The number of carboxylic acids is 1. The monoisotopic (exact) mass is 315 g/mol. The van der Waals surface area contributed by atoms with E-state index >= 15 is 0 Å². The van der Waals surface area contributed by atoms with Crippen LogP contribution >= 0.6 is 0 Å². The number of aliphatic carboxylic acids is 1. The molecule has 2 bridgehead atoms. The molecule has 4 heterocycles. The number of nitrogens with zero attached hydrogens (tertiary/aromatic N) is 1. The molecule has 7 nitrogen and oxygen atoms in total. The highest BCUT2D eigenvalue weighted by Crippen LogP contribution is 2.53. The van der Waals surface area contributed by atoms with Crippen molar-refractivity contribution in [2.45, 2.75) is 11.7 Å². The first-order valence-electron chi connectivity index (χ1n) is 7.40. The number of carboxylic acid groups (broad SMARTS) is 1. The highest BCUT2D eigenvalue weighted by molar-refractivity contribution is 6.02. The van der Waals surface area contributed by atoms with E-state index in [0.717, 1.165) is 0 Å². The number of rotatable bonds is 2. The minimum absolute atomic E-state index is 0.161. The number of hydrogen-bond donors (Lipinski definition) is 1. The summed E-state index contributed by atoms with van der Waals surface area (Å²) in [5.41, 5.74) is -0.172. The van der Waals surface area contributed by atoms with E-state index in [1.807, 2.05) is 6.08 Å². The molecule has 0 unspecified atom stereocenters. The summed E-state index contributed by atoms with van der Waals surface area (Å²) in [6, 6.07) is 5.26. The molecule has 118 valence electrons. The van der Waals surface area contributed by atoms with Gasteiger partial charge in [0, 0.05) is 11.8 Å². The van der Waals surface area contributed by atoms with Gasteiger partial charge in [0.15, 0.2) is 11.5 Å². The largest absolute Gasteiger partial charge is 0.481 e. The molecule has 2 saturated heterocycles. The maximum atomic E-state index is 12.9. The minimum Gasteiger partial charge on any atom is -0.481 e. The Hall–Kier alpha value is -2.54.